The van der Waals surface area contributed by atoms with Crippen LogP contribution in [0.3, 0.4) is 0 Å². The van der Waals surface area contributed by atoms with Crippen molar-refractivity contribution in [3.8, 4) is 0 Å². The van der Waals surface area contributed by atoms with E-state index >= 15 is 0 Å². The minimum absolute atomic E-state index is 0.459. The van der Waals surface area contributed by atoms with Gasteiger partial charge in [0.15, 0.2) is 0 Å². The lowest BCUT2D eigenvalue weighted by molar-refractivity contribution is 0.548. The molecular weight excluding hydrogens is 212 g/mol. The fourth-order valence-corrected chi connectivity index (χ4v) is 2.47. The van der Waals surface area contributed by atoms with Crippen molar-refractivity contribution in [2.75, 3.05) is 11.9 Å². The summed E-state index contributed by atoms with van der Waals surface area (Å²) in [6, 6.07) is 0.621. The zero-order valence-corrected chi connectivity index (χ0v) is 10.6. The summed E-state index contributed by atoms with van der Waals surface area (Å²) in [5, 5.41) is 0. The average molecular weight is 234 g/mol. The quantitative estimate of drug-likeness (QED) is 0.814. The highest BCUT2D eigenvalue weighted by atomic mass is 15.2. The van der Waals surface area contributed by atoms with Crippen molar-refractivity contribution in [2.45, 2.75) is 51.1 Å². The minimum atomic E-state index is 0.459. The van der Waals surface area contributed by atoms with Gasteiger partial charge in [-0.15, -0.1) is 0 Å². The normalized spacial score (nSPS) is 17.8. The van der Waals surface area contributed by atoms with E-state index in [1.807, 2.05) is 6.20 Å². The monoisotopic (exact) mass is 234 g/mol. The molecule has 1 fully saturated rings. The van der Waals surface area contributed by atoms with Crippen molar-refractivity contribution in [1.82, 2.24) is 9.97 Å². The van der Waals surface area contributed by atoms with E-state index in [9.17, 15) is 0 Å². The van der Waals surface area contributed by atoms with Crippen LogP contribution in [0.15, 0.2) is 12.4 Å². The van der Waals surface area contributed by atoms with Crippen LogP contribution in [0.25, 0.3) is 0 Å². The van der Waals surface area contributed by atoms with E-state index < -0.39 is 0 Å². The van der Waals surface area contributed by atoms with Gasteiger partial charge in [0.1, 0.15) is 5.82 Å². The third kappa shape index (κ3) is 3.16. The number of nitrogens with two attached hydrogens (primary N) is 1. The van der Waals surface area contributed by atoms with Gasteiger partial charge in [-0.2, -0.15) is 0 Å². The van der Waals surface area contributed by atoms with Crippen molar-refractivity contribution >= 4 is 5.82 Å². The Balaban J connectivity index is 2.03. The standard InChI is InChI=1S/C13H22N4/c1-17(12-6-4-2-3-5-7-12)13-10-15-11(8-14)9-16-13/h9-10,12H,2-8,14H2,1H3. The van der Waals surface area contributed by atoms with Crippen LogP contribution in [0.2, 0.25) is 0 Å². The summed E-state index contributed by atoms with van der Waals surface area (Å²) >= 11 is 0. The van der Waals surface area contributed by atoms with Crippen molar-refractivity contribution in [2.24, 2.45) is 5.73 Å². The van der Waals surface area contributed by atoms with E-state index in [1.54, 1.807) is 6.20 Å². The maximum atomic E-state index is 5.52. The Hall–Kier alpha value is -1.16. The van der Waals surface area contributed by atoms with Crippen LogP contribution in [0.5, 0.6) is 0 Å². The summed E-state index contributed by atoms with van der Waals surface area (Å²) in [4.78, 5) is 11.0. The largest absolute Gasteiger partial charge is 0.355 e. The van der Waals surface area contributed by atoms with Crippen LogP contribution in [0.4, 0.5) is 5.82 Å². The molecule has 0 atom stereocenters. The molecule has 2 N–H and O–H groups in total. The van der Waals surface area contributed by atoms with Crippen LogP contribution in [0.1, 0.15) is 44.2 Å². The van der Waals surface area contributed by atoms with Gasteiger partial charge in [0.2, 0.25) is 0 Å². The third-order valence-corrected chi connectivity index (χ3v) is 3.63. The Morgan fingerprint density at radius 1 is 1.18 bits per heavy atom. The Labute approximate surface area is 103 Å². The Morgan fingerprint density at radius 2 is 1.88 bits per heavy atom. The number of hydrogen-bond donors (Lipinski definition) is 1. The third-order valence-electron chi connectivity index (χ3n) is 3.63. The second-order valence-electron chi connectivity index (χ2n) is 4.83. The van der Waals surface area contributed by atoms with Gasteiger partial charge in [-0.3, -0.25) is 4.98 Å². The highest BCUT2D eigenvalue weighted by Gasteiger charge is 2.18. The molecule has 94 valence electrons. The molecule has 2 rings (SSSR count). The van der Waals surface area contributed by atoms with Crippen LogP contribution >= 0.6 is 0 Å². The lowest BCUT2D eigenvalue weighted by Crippen LogP contribution is -2.31. The minimum Gasteiger partial charge on any atom is -0.355 e. The highest BCUT2D eigenvalue weighted by molar-refractivity contribution is 5.36. The fourth-order valence-electron chi connectivity index (χ4n) is 2.47. The highest BCUT2D eigenvalue weighted by Crippen LogP contribution is 2.23. The number of rotatable bonds is 3. The molecule has 0 radical (unpaired) electrons. The van der Waals surface area contributed by atoms with Gasteiger partial charge in [-0.25, -0.2) is 4.98 Å². The van der Waals surface area contributed by atoms with Crippen molar-refractivity contribution < 1.29 is 0 Å². The maximum Gasteiger partial charge on any atom is 0.147 e. The second-order valence-corrected chi connectivity index (χ2v) is 4.83. The average Bonchev–Trinajstić information content (AvgIpc) is 2.67. The van der Waals surface area contributed by atoms with Crippen LogP contribution in [-0.4, -0.2) is 23.1 Å². The van der Waals surface area contributed by atoms with Gasteiger partial charge in [-0.05, 0) is 12.8 Å². The Bertz CT molecular complexity index is 328. The van der Waals surface area contributed by atoms with Crippen LogP contribution in [-0.2, 0) is 6.54 Å². The van der Waals surface area contributed by atoms with Gasteiger partial charge in [0, 0.05) is 19.6 Å². The molecule has 1 aromatic rings. The van der Waals surface area contributed by atoms with Gasteiger partial charge >= 0.3 is 0 Å². The van der Waals surface area contributed by atoms with E-state index in [4.69, 9.17) is 5.73 Å². The van der Waals surface area contributed by atoms with E-state index in [0.717, 1.165) is 11.5 Å². The summed E-state index contributed by atoms with van der Waals surface area (Å²) in [6.07, 6.45) is 11.6. The van der Waals surface area contributed by atoms with Gasteiger partial charge in [0.05, 0.1) is 18.1 Å². The molecule has 1 aliphatic rings. The molecule has 0 amide bonds. The first-order chi connectivity index (χ1) is 8.31. The molecule has 0 spiro atoms. The van der Waals surface area contributed by atoms with E-state index in [-0.39, 0.29) is 0 Å². The molecule has 0 bridgehead atoms. The smallest absolute Gasteiger partial charge is 0.147 e. The maximum absolute atomic E-state index is 5.52. The van der Waals surface area contributed by atoms with Crippen LogP contribution in [0, 0.1) is 0 Å². The number of nitrogens with zero attached hydrogens (tertiary/aromatic N) is 3. The molecule has 1 aromatic heterocycles. The molecule has 0 aliphatic heterocycles. The SMILES string of the molecule is CN(c1cnc(CN)cn1)C1CCCCCC1. The van der Waals surface area contributed by atoms with Gasteiger partial charge in [0.25, 0.3) is 0 Å². The summed E-state index contributed by atoms with van der Waals surface area (Å²) in [5.41, 5.74) is 6.37. The summed E-state index contributed by atoms with van der Waals surface area (Å²) in [6.45, 7) is 0.459. The van der Waals surface area contributed by atoms with Crippen LogP contribution < -0.4 is 10.6 Å². The Kier molecular flexibility index (Phi) is 4.31. The predicted molar refractivity (Wildman–Crippen MR) is 69.8 cm³/mol. The van der Waals surface area contributed by atoms with Crippen molar-refractivity contribution in [3.05, 3.63) is 18.1 Å². The molecule has 0 unspecified atom stereocenters. The molecule has 17 heavy (non-hydrogen) atoms. The Morgan fingerprint density at radius 3 is 2.41 bits per heavy atom. The summed E-state index contributed by atoms with van der Waals surface area (Å²) < 4.78 is 0. The van der Waals surface area contributed by atoms with Crippen molar-refractivity contribution in [3.63, 3.8) is 0 Å². The number of anilines is 1. The first kappa shape index (κ1) is 12.3. The lowest BCUT2D eigenvalue weighted by Gasteiger charge is -2.27. The number of hydrogen-bond acceptors (Lipinski definition) is 4. The van der Waals surface area contributed by atoms with E-state index in [0.29, 0.717) is 12.6 Å². The molecular formula is C13H22N4. The van der Waals surface area contributed by atoms with Crippen molar-refractivity contribution in [1.29, 1.82) is 0 Å². The molecule has 1 heterocycles. The molecule has 0 saturated heterocycles. The lowest BCUT2D eigenvalue weighted by atomic mass is 10.1. The topological polar surface area (TPSA) is 55.0 Å². The molecule has 0 aromatic carbocycles. The zero-order valence-electron chi connectivity index (χ0n) is 10.6. The first-order valence-electron chi connectivity index (χ1n) is 6.55. The second kappa shape index (κ2) is 5.96. The van der Waals surface area contributed by atoms with Gasteiger partial charge in [-0.1, -0.05) is 25.7 Å². The van der Waals surface area contributed by atoms with E-state index in [2.05, 4.69) is 21.9 Å². The molecule has 4 heteroatoms. The molecule has 1 saturated carbocycles. The summed E-state index contributed by atoms with van der Waals surface area (Å²) in [7, 11) is 2.13. The predicted octanol–water partition coefficient (Wildman–Crippen LogP) is 2.09. The summed E-state index contributed by atoms with van der Waals surface area (Å²) in [5.74, 6) is 0.967. The fraction of sp³-hybridized carbons (Fsp3) is 0.692. The first-order valence-corrected chi connectivity index (χ1v) is 6.55. The molecule has 4 nitrogen and oxygen atoms in total. The van der Waals surface area contributed by atoms with Gasteiger partial charge < -0.3 is 10.6 Å². The van der Waals surface area contributed by atoms with E-state index in [1.165, 1.54) is 38.5 Å². The zero-order chi connectivity index (χ0) is 12.1. The molecule has 1 aliphatic carbocycles. The number of aromatic nitrogens is 2.